The van der Waals surface area contributed by atoms with E-state index in [0.29, 0.717) is 6.54 Å². The molecule has 31 heavy (non-hydrogen) atoms. The highest BCUT2D eigenvalue weighted by atomic mass is 35.5. The molecule has 1 heterocycles. The van der Waals surface area contributed by atoms with Gasteiger partial charge in [0.2, 0.25) is 10.0 Å². The molecule has 1 saturated heterocycles. The minimum Gasteiger partial charge on any atom is -0.496 e. The topological polar surface area (TPSA) is 99.7 Å². The van der Waals surface area contributed by atoms with Crippen molar-refractivity contribution in [2.24, 2.45) is 0 Å². The molecule has 0 aromatic heterocycles. The van der Waals surface area contributed by atoms with Crippen LogP contribution in [-0.4, -0.2) is 45.6 Å². The van der Waals surface area contributed by atoms with Crippen molar-refractivity contribution in [1.29, 1.82) is 0 Å². The lowest BCUT2D eigenvalue weighted by Gasteiger charge is -2.34. The minimum absolute atomic E-state index is 0. The van der Waals surface area contributed by atoms with Gasteiger partial charge in [-0.3, -0.25) is 0 Å². The first-order valence-corrected chi connectivity index (χ1v) is 11.9. The molecular formula is C22H32ClN3O4S. The average molecular weight is 470 g/mol. The van der Waals surface area contributed by atoms with Crippen LogP contribution in [0.1, 0.15) is 35.6 Å². The number of hydrogen-bond donors (Lipinski definition) is 4. The molecule has 9 heteroatoms. The molecule has 2 atom stereocenters. The quantitative estimate of drug-likeness (QED) is 0.425. The summed E-state index contributed by atoms with van der Waals surface area (Å²) in [6.07, 6.45) is 2.19. The monoisotopic (exact) mass is 469 g/mol. The molecule has 2 unspecified atom stereocenters. The maximum Gasteiger partial charge on any atom is 0.214 e. The number of hydrogen-bond acceptors (Lipinski definition) is 6. The molecule has 3 rings (SSSR count). The molecule has 0 saturated carbocycles. The molecule has 0 radical (unpaired) electrons. The lowest BCUT2D eigenvalue weighted by Crippen LogP contribution is -2.45. The van der Waals surface area contributed by atoms with E-state index in [9.17, 15) is 8.42 Å². The van der Waals surface area contributed by atoms with Crippen LogP contribution in [0.25, 0.3) is 0 Å². The standard InChI is InChI=1S/C22H31N3O4S.ClH/c1-29-21-10-9-17(15-25-30(27,28)13-12-26)14-19(21)16-24-20-8-5-11-23-22(20)18-6-3-2-4-7-18;/h2-4,6-7,9-10,14,20,22-26H,5,8,11-13,15-16H2,1H3;1H. The van der Waals surface area contributed by atoms with Crippen molar-refractivity contribution in [1.82, 2.24) is 15.4 Å². The number of sulfonamides is 1. The zero-order valence-electron chi connectivity index (χ0n) is 17.7. The van der Waals surface area contributed by atoms with Crippen molar-refractivity contribution >= 4 is 22.4 Å². The molecule has 1 aliphatic heterocycles. The van der Waals surface area contributed by atoms with Crippen molar-refractivity contribution in [2.45, 2.75) is 38.0 Å². The van der Waals surface area contributed by atoms with Gasteiger partial charge in [0.05, 0.1) is 19.5 Å². The van der Waals surface area contributed by atoms with Gasteiger partial charge in [-0.05, 0) is 42.6 Å². The highest BCUT2D eigenvalue weighted by molar-refractivity contribution is 7.89. The summed E-state index contributed by atoms with van der Waals surface area (Å²) in [5.74, 6) is 0.470. The number of nitrogens with one attached hydrogen (secondary N) is 3. The summed E-state index contributed by atoms with van der Waals surface area (Å²) in [4.78, 5) is 0. The molecule has 0 aliphatic carbocycles. The Morgan fingerprint density at radius 2 is 1.94 bits per heavy atom. The fraction of sp³-hybridized carbons (Fsp3) is 0.455. The van der Waals surface area contributed by atoms with Gasteiger partial charge in [0, 0.05) is 30.7 Å². The van der Waals surface area contributed by atoms with Crippen LogP contribution in [0, 0.1) is 0 Å². The van der Waals surface area contributed by atoms with E-state index >= 15 is 0 Å². The third kappa shape index (κ3) is 7.45. The zero-order chi connectivity index (χ0) is 21.4. The fourth-order valence-electron chi connectivity index (χ4n) is 3.83. The summed E-state index contributed by atoms with van der Waals surface area (Å²) in [6.45, 7) is 1.41. The highest BCUT2D eigenvalue weighted by Gasteiger charge is 2.25. The Bertz CT molecular complexity index is 912. The second kappa shape index (κ2) is 12.4. The van der Waals surface area contributed by atoms with E-state index in [-0.39, 0.29) is 36.8 Å². The molecule has 0 amide bonds. The first-order chi connectivity index (χ1) is 14.5. The van der Waals surface area contributed by atoms with Gasteiger partial charge in [-0.25, -0.2) is 13.1 Å². The van der Waals surface area contributed by atoms with E-state index in [1.165, 1.54) is 5.56 Å². The van der Waals surface area contributed by atoms with E-state index in [4.69, 9.17) is 9.84 Å². The van der Waals surface area contributed by atoms with Crippen molar-refractivity contribution < 1.29 is 18.3 Å². The van der Waals surface area contributed by atoms with Crippen LogP contribution in [0.4, 0.5) is 0 Å². The highest BCUT2D eigenvalue weighted by Crippen LogP contribution is 2.25. The molecule has 0 bridgehead atoms. The SMILES string of the molecule is COc1ccc(CNS(=O)(=O)CCO)cc1CNC1CCCNC1c1ccccc1.Cl. The fourth-order valence-corrected chi connectivity index (χ4v) is 4.60. The summed E-state index contributed by atoms with van der Waals surface area (Å²) in [7, 11) is -1.84. The number of piperidine rings is 1. The Morgan fingerprint density at radius 3 is 2.65 bits per heavy atom. The summed E-state index contributed by atoms with van der Waals surface area (Å²) in [5, 5.41) is 16.1. The maximum absolute atomic E-state index is 11.8. The summed E-state index contributed by atoms with van der Waals surface area (Å²) in [6, 6.07) is 16.7. The Kier molecular flexibility index (Phi) is 10.2. The number of benzene rings is 2. The van der Waals surface area contributed by atoms with Crippen LogP contribution in [-0.2, 0) is 23.1 Å². The van der Waals surface area contributed by atoms with Gasteiger partial charge in [-0.15, -0.1) is 12.4 Å². The van der Waals surface area contributed by atoms with Gasteiger partial charge in [-0.1, -0.05) is 36.4 Å². The van der Waals surface area contributed by atoms with Crippen LogP contribution in [0.2, 0.25) is 0 Å². The summed E-state index contributed by atoms with van der Waals surface area (Å²) in [5.41, 5.74) is 3.10. The van der Waals surface area contributed by atoms with Crippen LogP contribution >= 0.6 is 12.4 Å². The predicted octanol–water partition coefficient (Wildman–Crippen LogP) is 2.11. The number of methoxy groups -OCH3 is 1. The van der Waals surface area contributed by atoms with E-state index in [0.717, 1.165) is 36.3 Å². The van der Waals surface area contributed by atoms with E-state index in [1.54, 1.807) is 7.11 Å². The van der Waals surface area contributed by atoms with Crippen LogP contribution in [0.15, 0.2) is 48.5 Å². The lowest BCUT2D eigenvalue weighted by atomic mass is 9.92. The summed E-state index contributed by atoms with van der Waals surface area (Å²) >= 11 is 0. The minimum atomic E-state index is -3.48. The molecule has 7 nitrogen and oxygen atoms in total. The largest absolute Gasteiger partial charge is 0.496 e. The molecule has 1 aliphatic rings. The lowest BCUT2D eigenvalue weighted by molar-refractivity contribution is 0.303. The second-order valence-electron chi connectivity index (χ2n) is 7.48. The van der Waals surface area contributed by atoms with Gasteiger partial charge in [0.1, 0.15) is 5.75 Å². The third-order valence-electron chi connectivity index (χ3n) is 5.37. The molecule has 172 valence electrons. The summed E-state index contributed by atoms with van der Waals surface area (Å²) < 4.78 is 31.6. The van der Waals surface area contributed by atoms with E-state index < -0.39 is 16.6 Å². The third-order valence-corrected chi connectivity index (χ3v) is 6.68. The molecule has 2 aromatic rings. The molecule has 4 N–H and O–H groups in total. The Balaban J connectivity index is 0.00000341. The Labute approximate surface area is 191 Å². The first kappa shape index (κ1) is 25.6. The van der Waals surface area contributed by atoms with Crippen molar-refractivity contribution in [2.75, 3.05) is 26.0 Å². The van der Waals surface area contributed by atoms with E-state index in [2.05, 4.69) is 39.6 Å². The number of halogens is 1. The van der Waals surface area contributed by atoms with Crippen LogP contribution in [0.5, 0.6) is 5.75 Å². The zero-order valence-corrected chi connectivity index (χ0v) is 19.3. The second-order valence-corrected chi connectivity index (χ2v) is 9.41. The van der Waals surface area contributed by atoms with Crippen molar-refractivity contribution in [3.63, 3.8) is 0 Å². The number of ether oxygens (including phenoxy) is 1. The maximum atomic E-state index is 11.8. The van der Waals surface area contributed by atoms with Crippen molar-refractivity contribution in [3.8, 4) is 5.75 Å². The Morgan fingerprint density at radius 1 is 1.16 bits per heavy atom. The number of rotatable bonds is 10. The normalized spacial score (nSPS) is 18.9. The average Bonchev–Trinajstić information content (AvgIpc) is 2.77. The van der Waals surface area contributed by atoms with Gasteiger partial charge < -0.3 is 20.5 Å². The van der Waals surface area contributed by atoms with Gasteiger partial charge in [0.15, 0.2) is 0 Å². The van der Waals surface area contributed by atoms with Crippen molar-refractivity contribution in [3.05, 3.63) is 65.2 Å². The first-order valence-electron chi connectivity index (χ1n) is 10.3. The number of aliphatic hydroxyl groups excluding tert-OH is 1. The molecule has 1 fully saturated rings. The van der Waals surface area contributed by atoms with Gasteiger partial charge >= 0.3 is 0 Å². The predicted molar refractivity (Wildman–Crippen MR) is 125 cm³/mol. The molecule has 0 spiro atoms. The Hall–Kier alpha value is -1.68. The molecular weight excluding hydrogens is 438 g/mol. The number of aliphatic hydroxyl groups is 1. The smallest absolute Gasteiger partial charge is 0.214 e. The van der Waals surface area contributed by atoms with Crippen LogP contribution in [0.3, 0.4) is 0 Å². The molecule has 2 aromatic carbocycles. The van der Waals surface area contributed by atoms with Gasteiger partial charge in [-0.2, -0.15) is 0 Å². The van der Waals surface area contributed by atoms with Gasteiger partial charge in [0.25, 0.3) is 0 Å². The van der Waals surface area contributed by atoms with E-state index in [1.807, 2.05) is 24.3 Å². The van der Waals surface area contributed by atoms with Crippen LogP contribution < -0.4 is 20.1 Å².